The van der Waals surface area contributed by atoms with Crippen molar-refractivity contribution >= 4 is 23.7 Å². The van der Waals surface area contributed by atoms with E-state index < -0.39 is 67.2 Å². The maximum atomic E-state index is 12.6. The van der Waals surface area contributed by atoms with Crippen LogP contribution in [0.1, 0.15) is 12.5 Å². The highest BCUT2D eigenvalue weighted by atomic mass is 16.4. The van der Waals surface area contributed by atoms with E-state index in [-0.39, 0.29) is 12.2 Å². The smallest absolute Gasteiger partial charge is 0.328 e. The zero-order valence-corrected chi connectivity index (χ0v) is 17.3. The fourth-order valence-corrected chi connectivity index (χ4v) is 2.49. The Bertz CT molecular complexity index is 800. The summed E-state index contributed by atoms with van der Waals surface area (Å²) in [4.78, 5) is 48.3. The van der Waals surface area contributed by atoms with E-state index in [9.17, 15) is 34.5 Å². The van der Waals surface area contributed by atoms with Crippen molar-refractivity contribution in [1.82, 2.24) is 16.0 Å². The number of benzene rings is 1. The fourth-order valence-electron chi connectivity index (χ4n) is 2.49. The molecule has 13 nitrogen and oxygen atoms in total. The van der Waals surface area contributed by atoms with E-state index in [1.54, 1.807) is 0 Å². The Morgan fingerprint density at radius 2 is 1.34 bits per heavy atom. The lowest BCUT2D eigenvalue weighted by Crippen LogP contribution is -2.59. The Labute approximate surface area is 183 Å². The molecule has 1 aromatic rings. The summed E-state index contributed by atoms with van der Waals surface area (Å²) in [6.07, 6.45) is -1.37. The van der Waals surface area contributed by atoms with Gasteiger partial charge in [-0.2, -0.15) is 0 Å². The number of carboxylic acids is 1. The van der Waals surface area contributed by atoms with Crippen LogP contribution in [0.25, 0.3) is 0 Å². The van der Waals surface area contributed by atoms with Crippen molar-refractivity contribution in [3.63, 3.8) is 0 Å². The number of amides is 3. The summed E-state index contributed by atoms with van der Waals surface area (Å²) in [5, 5.41) is 52.9. The van der Waals surface area contributed by atoms with Crippen LogP contribution in [0.2, 0.25) is 0 Å². The second-order valence-electron chi connectivity index (χ2n) is 7.02. The first-order chi connectivity index (χ1) is 15.0. The first-order valence-electron chi connectivity index (χ1n) is 9.57. The number of aromatic hydroxyl groups is 1. The third-order valence-corrected chi connectivity index (χ3v) is 4.44. The van der Waals surface area contributed by atoms with Crippen LogP contribution in [0.15, 0.2) is 24.3 Å². The van der Waals surface area contributed by atoms with Crippen molar-refractivity contribution in [2.24, 2.45) is 5.73 Å². The third-order valence-electron chi connectivity index (χ3n) is 4.44. The largest absolute Gasteiger partial charge is 0.508 e. The molecular weight excluding hydrogens is 428 g/mol. The second kappa shape index (κ2) is 12.6. The molecule has 5 atom stereocenters. The van der Waals surface area contributed by atoms with Gasteiger partial charge in [0.1, 0.15) is 29.9 Å². The number of phenolic OH excluding ortho intramolecular Hbond substituents is 1. The van der Waals surface area contributed by atoms with Gasteiger partial charge in [0.2, 0.25) is 17.7 Å². The molecular formula is C19H28N4O9. The zero-order valence-electron chi connectivity index (χ0n) is 17.3. The first kappa shape index (κ1) is 26.8. The minimum absolute atomic E-state index is 0.0393. The van der Waals surface area contributed by atoms with Gasteiger partial charge in [0.15, 0.2) is 0 Å². The van der Waals surface area contributed by atoms with E-state index in [1.807, 2.05) is 0 Å². The molecule has 1 aromatic carbocycles. The van der Waals surface area contributed by atoms with E-state index in [4.69, 9.17) is 15.9 Å². The monoisotopic (exact) mass is 456 g/mol. The predicted octanol–water partition coefficient (Wildman–Crippen LogP) is -3.83. The van der Waals surface area contributed by atoms with Gasteiger partial charge in [0.05, 0.1) is 19.3 Å². The molecule has 178 valence electrons. The average molecular weight is 456 g/mol. The van der Waals surface area contributed by atoms with Gasteiger partial charge in [-0.05, 0) is 24.6 Å². The molecule has 13 heteroatoms. The van der Waals surface area contributed by atoms with E-state index in [2.05, 4.69) is 16.0 Å². The van der Waals surface area contributed by atoms with Gasteiger partial charge in [-0.15, -0.1) is 0 Å². The Balaban J connectivity index is 3.02. The topological polar surface area (TPSA) is 232 Å². The number of nitrogens with two attached hydrogens (primary N) is 1. The van der Waals surface area contributed by atoms with Crippen molar-refractivity contribution in [1.29, 1.82) is 0 Å². The van der Waals surface area contributed by atoms with E-state index in [0.29, 0.717) is 5.56 Å². The van der Waals surface area contributed by atoms with Crippen LogP contribution in [0.4, 0.5) is 0 Å². The molecule has 0 saturated heterocycles. The number of rotatable bonds is 12. The standard InChI is InChI=1S/C19H28N4O9/c1-9(26)15(20)18(30)22-13(7-24)17(29)21-12(6-10-2-4-11(27)5-3-10)16(28)23-14(8-25)19(31)32/h2-5,9,12-15,24-27H,6-8,20H2,1H3,(H,21,29)(H,22,30)(H,23,28)(H,31,32). The summed E-state index contributed by atoms with van der Waals surface area (Å²) >= 11 is 0. The second-order valence-corrected chi connectivity index (χ2v) is 7.02. The molecule has 0 aliphatic carbocycles. The molecule has 0 fully saturated rings. The molecule has 0 aromatic heterocycles. The molecule has 1 rings (SSSR count). The Morgan fingerprint density at radius 1 is 0.875 bits per heavy atom. The molecule has 0 heterocycles. The molecule has 0 saturated carbocycles. The number of phenols is 1. The average Bonchev–Trinajstić information content (AvgIpc) is 2.75. The van der Waals surface area contributed by atoms with Crippen molar-refractivity contribution in [2.45, 2.75) is 43.6 Å². The highest BCUT2D eigenvalue weighted by Crippen LogP contribution is 2.12. The summed E-state index contributed by atoms with van der Waals surface area (Å²) in [6, 6.07) is -0.257. The number of hydrogen-bond donors (Lipinski definition) is 9. The maximum absolute atomic E-state index is 12.6. The molecule has 5 unspecified atom stereocenters. The van der Waals surface area contributed by atoms with E-state index >= 15 is 0 Å². The number of aliphatic hydroxyl groups is 3. The van der Waals surface area contributed by atoms with Gasteiger partial charge in [0, 0.05) is 6.42 Å². The van der Waals surface area contributed by atoms with Gasteiger partial charge in [-0.25, -0.2) is 4.79 Å². The van der Waals surface area contributed by atoms with Gasteiger partial charge >= 0.3 is 5.97 Å². The van der Waals surface area contributed by atoms with Crippen molar-refractivity contribution < 1.29 is 44.7 Å². The first-order valence-corrected chi connectivity index (χ1v) is 9.57. The highest BCUT2D eigenvalue weighted by molar-refractivity contribution is 5.94. The molecule has 0 aliphatic heterocycles. The Hall–Kier alpha value is -3.26. The van der Waals surface area contributed by atoms with Crippen molar-refractivity contribution in [3.8, 4) is 5.75 Å². The van der Waals surface area contributed by atoms with Crippen LogP contribution in [-0.4, -0.2) is 92.7 Å². The highest BCUT2D eigenvalue weighted by Gasteiger charge is 2.30. The molecule has 10 N–H and O–H groups in total. The van der Waals surface area contributed by atoms with Crippen LogP contribution in [0.5, 0.6) is 5.75 Å². The van der Waals surface area contributed by atoms with Gasteiger partial charge in [-0.3, -0.25) is 14.4 Å². The zero-order chi connectivity index (χ0) is 24.4. The Morgan fingerprint density at radius 3 is 1.81 bits per heavy atom. The normalized spacial score (nSPS) is 15.5. The summed E-state index contributed by atoms with van der Waals surface area (Å²) in [5.74, 6) is -4.38. The van der Waals surface area contributed by atoms with Crippen LogP contribution in [0.3, 0.4) is 0 Å². The van der Waals surface area contributed by atoms with Gasteiger partial charge in [-0.1, -0.05) is 12.1 Å². The molecule has 0 bridgehead atoms. The van der Waals surface area contributed by atoms with Crippen LogP contribution in [-0.2, 0) is 25.6 Å². The lowest BCUT2D eigenvalue weighted by Gasteiger charge is -2.24. The Kier molecular flexibility index (Phi) is 10.5. The fraction of sp³-hybridized carbons (Fsp3) is 0.474. The number of nitrogens with one attached hydrogen (secondary N) is 3. The van der Waals surface area contributed by atoms with Crippen LogP contribution in [0, 0.1) is 0 Å². The molecule has 0 radical (unpaired) electrons. The quantitative estimate of drug-likeness (QED) is 0.149. The predicted molar refractivity (Wildman–Crippen MR) is 109 cm³/mol. The maximum Gasteiger partial charge on any atom is 0.328 e. The third kappa shape index (κ3) is 8.11. The number of carbonyl (C=O) groups excluding carboxylic acids is 3. The van der Waals surface area contributed by atoms with E-state index in [0.717, 1.165) is 0 Å². The van der Waals surface area contributed by atoms with Crippen LogP contribution >= 0.6 is 0 Å². The number of carboxylic acid groups (broad SMARTS) is 1. The SMILES string of the molecule is CC(O)C(N)C(=O)NC(CO)C(=O)NC(Cc1ccc(O)cc1)C(=O)NC(CO)C(=O)O. The van der Waals surface area contributed by atoms with Crippen LogP contribution < -0.4 is 21.7 Å². The molecule has 0 aliphatic rings. The van der Waals surface area contributed by atoms with Gasteiger partial charge in [0.25, 0.3) is 0 Å². The number of carbonyl (C=O) groups is 4. The summed E-state index contributed by atoms with van der Waals surface area (Å²) in [7, 11) is 0. The molecule has 32 heavy (non-hydrogen) atoms. The van der Waals surface area contributed by atoms with E-state index in [1.165, 1.54) is 31.2 Å². The van der Waals surface area contributed by atoms with Gasteiger partial charge < -0.3 is 47.2 Å². The summed E-state index contributed by atoms with van der Waals surface area (Å²) < 4.78 is 0. The summed E-state index contributed by atoms with van der Waals surface area (Å²) in [6.45, 7) is -0.490. The minimum atomic E-state index is -1.63. The molecule has 0 spiro atoms. The number of aliphatic hydroxyl groups excluding tert-OH is 3. The minimum Gasteiger partial charge on any atom is -0.508 e. The molecule has 3 amide bonds. The van der Waals surface area contributed by atoms with Crippen molar-refractivity contribution in [2.75, 3.05) is 13.2 Å². The lowest BCUT2D eigenvalue weighted by atomic mass is 10.0. The number of aliphatic carboxylic acids is 1. The lowest BCUT2D eigenvalue weighted by molar-refractivity contribution is -0.143. The number of hydrogen-bond acceptors (Lipinski definition) is 9. The summed E-state index contributed by atoms with van der Waals surface area (Å²) in [5.41, 5.74) is 5.97. The van der Waals surface area contributed by atoms with Crippen molar-refractivity contribution in [3.05, 3.63) is 29.8 Å².